The SMILES string of the molecule is C=CCCC(CO)C1CCCCC1. The van der Waals surface area contributed by atoms with Crippen LogP contribution in [0.2, 0.25) is 0 Å². The average molecular weight is 182 g/mol. The molecule has 1 atom stereocenters. The summed E-state index contributed by atoms with van der Waals surface area (Å²) in [7, 11) is 0. The number of allylic oxidation sites excluding steroid dienone is 1. The number of hydrogen-bond acceptors (Lipinski definition) is 1. The van der Waals surface area contributed by atoms with E-state index >= 15 is 0 Å². The molecular weight excluding hydrogens is 160 g/mol. The van der Waals surface area contributed by atoms with E-state index in [9.17, 15) is 5.11 Å². The van der Waals surface area contributed by atoms with Crippen molar-refractivity contribution in [3.05, 3.63) is 12.7 Å². The highest BCUT2D eigenvalue weighted by Gasteiger charge is 2.21. The van der Waals surface area contributed by atoms with E-state index in [0.717, 1.165) is 18.8 Å². The second kappa shape index (κ2) is 6.20. The van der Waals surface area contributed by atoms with Gasteiger partial charge in [0.25, 0.3) is 0 Å². The summed E-state index contributed by atoms with van der Waals surface area (Å²) >= 11 is 0. The van der Waals surface area contributed by atoms with Crippen LogP contribution in [-0.4, -0.2) is 11.7 Å². The van der Waals surface area contributed by atoms with Gasteiger partial charge in [0, 0.05) is 6.61 Å². The van der Waals surface area contributed by atoms with Crippen LogP contribution < -0.4 is 0 Å². The van der Waals surface area contributed by atoms with E-state index in [0.29, 0.717) is 12.5 Å². The van der Waals surface area contributed by atoms with Crippen LogP contribution in [0.15, 0.2) is 12.7 Å². The molecule has 1 heteroatoms. The highest BCUT2D eigenvalue weighted by Crippen LogP contribution is 2.32. The highest BCUT2D eigenvalue weighted by atomic mass is 16.3. The average Bonchev–Trinajstić information content (AvgIpc) is 2.21. The van der Waals surface area contributed by atoms with Crippen molar-refractivity contribution in [1.29, 1.82) is 0 Å². The second-order valence-corrected chi connectivity index (χ2v) is 4.21. The van der Waals surface area contributed by atoms with Crippen LogP contribution in [0.5, 0.6) is 0 Å². The maximum absolute atomic E-state index is 9.27. The van der Waals surface area contributed by atoms with Crippen molar-refractivity contribution in [2.75, 3.05) is 6.61 Å². The van der Waals surface area contributed by atoms with Crippen LogP contribution in [0.3, 0.4) is 0 Å². The van der Waals surface area contributed by atoms with Crippen LogP contribution in [0, 0.1) is 11.8 Å². The Kier molecular flexibility index (Phi) is 5.14. The van der Waals surface area contributed by atoms with E-state index < -0.39 is 0 Å². The first-order chi connectivity index (χ1) is 6.38. The van der Waals surface area contributed by atoms with E-state index in [1.807, 2.05) is 6.08 Å². The topological polar surface area (TPSA) is 20.2 Å². The van der Waals surface area contributed by atoms with Gasteiger partial charge in [-0.05, 0) is 24.7 Å². The van der Waals surface area contributed by atoms with Crippen molar-refractivity contribution in [2.45, 2.75) is 44.9 Å². The lowest BCUT2D eigenvalue weighted by Crippen LogP contribution is -2.21. The summed E-state index contributed by atoms with van der Waals surface area (Å²) < 4.78 is 0. The molecule has 0 saturated heterocycles. The third kappa shape index (κ3) is 3.51. The molecule has 1 N–H and O–H groups in total. The molecule has 0 bridgehead atoms. The first kappa shape index (κ1) is 10.8. The molecule has 1 rings (SSSR count). The molecule has 0 aromatic heterocycles. The molecule has 0 amide bonds. The first-order valence-corrected chi connectivity index (χ1v) is 5.60. The van der Waals surface area contributed by atoms with Gasteiger partial charge in [-0.1, -0.05) is 38.2 Å². The van der Waals surface area contributed by atoms with E-state index in [2.05, 4.69) is 6.58 Å². The summed E-state index contributed by atoms with van der Waals surface area (Å²) in [5.74, 6) is 1.33. The fourth-order valence-corrected chi connectivity index (χ4v) is 2.41. The fourth-order valence-electron chi connectivity index (χ4n) is 2.41. The van der Waals surface area contributed by atoms with Crippen LogP contribution >= 0.6 is 0 Å². The molecule has 1 aliphatic rings. The molecule has 76 valence electrons. The Bertz CT molecular complexity index is 136. The van der Waals surface area contributed by atoms with Gasteiger partial charge in [-0.3, -0.25) is 0 Å². The van der Waals surface area contributed by atoms with Crippen LogP contribution in [0.25, 0.3) is 0 Å². The molecule has 0 aromatic rings. The van der Waals surface area contributed by atoms with E-state index in [1.165, 1.54) is 32.1 Å². The summed E-state index contributed by atoms with van der Waals surface area (Å²) in [6.07, 6.45) is 11.0. The Morgan fingerprint density at radius 1 is 1.31 bits per heavy atom. The summed E-state index contributed by atoms with van der Waals surface area (Å²) in [4.78, 5) is 0. The molecule has 0 heterocycles. The Morgan fingerprint density at radius 2 is 2.00 bits per heavy atom. The van der Waals surface area contributed by atoms with Crippen molar-refractivity contribution in [3.8, 4) is 0 Å². The van der Waals surface area contributed by atoms with Crippen LogP contribution in [-0.2, 0) is 0 Å². The molecular formula is C12H22O. The normalized spacial score (nSPS) is 21.3. The van der Waals surface area contributed by atoms with Crippen molar-refractivity contribution in [3.63, 3.8) is 0 Å². The van der Waals surface area contributed by atoms with Gasteiger partial charge in [0.2, 0.25) is 0 Å². The summed E-state index contributed by atoms with van der Waals surface area (Å²) in [5.41, 5.74) is 0. The minimum atomic E-state index is 0.374. The molecule has 0 spiro atoms. The van der Waals surface area contributed by atoms with Crippen molar-refractivity contribution in [2.24, 2.45) is 11.8 Å². The quantitative estimate of drug-likeness (QED) is 0.648. The lowest BCUT2D eigenvalue weighted by Gasteiger charge is -2.28. The van der Waals surface area contributed by atoms with Gasteiger partial charge >= 0.3 is 0 Å². The molecule has 0 aliphatic heterocycles. The predicted octanol–water partition coefficient (Wildman–Crippen LogP) is 3.14. The Labute approximate surface area is 81.9 Å². The molecule has 1 unspecified atom stereocenters. The predicted molar refractivity (Wildman–Crippen MR) is 56.6 cm³/mol. The third-order valence-electron chi connectivity index (χ3n) is 3.29. The monoisotopic (exact) mass is 182 g/mol. The standard InChI is InChI=1S/C12H22O/c1-2-3-7-12(10-13)11-8-5-4-6-9-11/h2,11-13H,1,3-10H2. The third-order valence-corrected chi connectivity index (χ3v) is 3.29. The van der Waals surface area contributed by atoms with E-state index in [-0.39, 0.29) is 0 Å². The molecule has 1 nitrogen and oxygen atoms in total. The highest BCUT2D eigenvalue weighted by molar-refractivity contribution is 4.76. The van der Waals surface area contributed by atoms with Gasteiger partial charge in [-0.25, -0.2) is 0 Å². The Morgan fingerprint density at radius 3 is 2.54 bits per heavy atom. The molecule has 13 heavy (non-hydrogen) atoms. The van der Waals surface area contributed by atoms with Crippen molar-refractivity contribution < 1.29 is 5.11 Å². The summed E-state index contributed by atoms with van der Waals surface area (Å²) in [6, 6.07) is 0. The Balaban J connectivity index is 2.29. The van der Waals surface area contributed by atoms with E-state index in [4.69, 9.17) is 0 Å². The largest absolute Gasteiger partial charge is 0.396 e. The van der Waals surface area contributed by atoms with Crippen LogP contribution in [0.4, 0.5) is 0 Å². The van der Waals surface area contributed by atoms with Gasteiger partial charge in [0.15, 0.2) is 0 Å². The minimum Gasteiger partial charge on any atom is -0.396 e. The number of rotatable bonds is 5. The van der Waals surface area contributed by atoms with Gasteiger partial charge in [0.1, 0.15) is 0 Å². The van der Waals surface area contributed by atoms with Gasteiger partial charge < -0.3 is 5.11 Å². The van der Waals surface area contributed by atoms with Crippen molar-refractivity contribution >= 4 is 0 Å². The smallest absolute Gasteiger partial charge is 0.0462 e. The molecule has 0 radical (unpaired) electrons. The zero-order valence-corrected chi connectivity index (χ0v) is 8.54. The molecule has 0 aromatic carbocycles. The van der Waals surface area contributed by atoms with Gasteiger partial charge in [-0.15, -0.1) is 6.58 Å². The second-order valence-electron chi connectivity index (χ2n) is 4.21. The van der Waals surface area contributed by atoms with Gasteiger partial charge in [0.05, 0.1) is 0 Å². The van der Waals surface area contributed by atoms with E-state index in [1.54, 1.807) is 0 Å². The lowest BCUT2D eigenvalue weighted by atomic mass is 9.78. The Hall–Kier alpha value is -0.300. The zero-order valence-electron chi connectivity index (χ0n) is 8.54. The number of hydrogen-bond donors (Lipinski definition) is 1. The summed E-state index contributed by atoms with van der Waals surface area (Å²) in [6.45, 7) is 4.10. The molecule has 1 aliphatic carbocycles. The minimum absolute atomic E-state index is 0.374. The maximum atomic E-state index is 9.27. The number of aliphatic hydroxyl groups excluding tert-OH is 1. The maximum Gasteiger partial charge on any atom is 0.0462 e. The number of aliphatic hydroxyl groups is 1. The zero-order chi connectivity index (χ0) is 9.52. The molecule has 1 saturated carbocycles. The molecule has 1 fully saturated rings. The fraction of sp³-hybridized carbons (Fsp3) is 0.833. The van der Waals surface area contributed by atoms with Crippen LogP contribution in [0.1, 0.15) is 44.9 Å². The van der Waals surface area contributed by atoms with Gasteiger partial charge in [-0.2, -0.15) is 0 Å². The lowest BCUT2D eigenvalue weighted by molar-refractivity contribution is 0.140. The summed E-state index contributed by atoms with van der Waals surface area (Å²) in [5, 5.41) is 9.27. The first-order valence-electron chi connectivity index (χ1n) is 5.60. The van der Waals surface area contributed by atoms with Crippen molar-refractivity contribution in [1.82, 2.24) is 0 Å².